The summed E-state index contributed by atoms with van der Waals surface area (Å²) in [5.74, 6) is 1.01. The molecule has 0 aromatic rings. The molecule has 0 aromatic carbocycles. The number of aliphatic hydroxyl groups is 1. The van der Waals surface area contributed by atoms with Crippen molar-refractivity contribution < 1.29 is 5.11 Å². The van der Waals surface area contributed by atoms with E-state index >= 15 is 0 Å². The third-order valence-corrected chi connectivity index (χ3v) is 3.50. The van der Waals surface area contributed by atoms with Crippen molar-refractivity contribution in [2.45, 2.75) is 70.6 Å². The Morgan fingerprint density at radius 2 is 1.43 bits per heavy atom. The van der Waals surface area contributed by atoms with E-state index in [1.807, 2.05) is 0 Å². The van der Waals surface area contributed by atoms with E-state index in [0.29, 0.717) is 6.61 Å². The zero-order chi connectivity index (χ0) is 10.1. The van der Waals surface area contributed by atoms with Gasteiger partial charge >= 0.3 is 0 Å². The molecule has 14 heavy (non-hydrogen) atoms. The molecule has 1 aliphatic carbocycles. The lowest BCUT2D eigenvalue weighted by Gasteiger charge is -2.19. The number of aliphatic hydroxyl groups excluding tert-OH is 1. The van der Waals surface area contributed by atoms with Gasteiger partial charge in [0.25, 0.3) is 0 Å². The maximum Gasteiger partial charge on any atom is 0.0431 e. The molecule has 1 aliphatic rings. The van der Waals surface area contributed by atoms with Crippen LogP contribution in [0, 0.1) is 5.92 Å². The molecule has 1 heteroatoms. The van der Waals surface area contributed by atoms with Crippen LogP contribution in [0.25, 0.3) is 0 Å². The molecular formula is C13H26O. The Labute approximate surface area is 88.9 Å². The summed E-state index contributed by atoms with van der Waals surface area (Å²) >= 11 is 0. The van der Waals surface area contributed by atoms with E-state index in [2.05, 4.69) is 0 Å². The van der Waals surface area contributed by atoms with E-state index in [0.717, 1.165) is 12.3 Å². The molecule has 0 amide bonds. The van der Waals surface area contributed by atoms with Crippen LogP contribution in [0.4, 0.5) is 0 Å². The molecule has 0 spiro atoms. The molecule has 1 rings (SSSR count). The second-order valence-corrected chi connectivity index (χ2v) is 4.78. The molecular weight excluding hydrogens is 172 g/mol. The highest BCUT2D eigenvalue weighted by Gasteiger charge is 2.10. The van der Waals surface area contributed by atoms with Gasteiger partial charge in [-0.3, -0.25) is 0 Å². The van der Waals surface area contributed by atoms with Gasteiger partial charge in [0.15, 0.2) is 0 Å². The molecule has 1 nitrogen and oxygen atoms in total. The number of rotatable bonds is 5. The van der Waals surface area contributed by atoms with Crippen LogP contribution in [0.5, 0.6) is 0 Å². The quantitative estimate of drug-likeness (QED) is 0.664. The molecule has 0 heterocycles. The summed E-state index contributed by atoms with van der Waals surface area (Å²) in [6.45, 7) is 0.380. The van der Waals surface area contributed by atoms with Gasteiger partial charge in [0.1, 0.15) is 0 Å². The van der Waals surface area contributed by atoms with Crippen molar-refractivity contribution in [2.24, 2.45) is 5.92 Å². The van der Waals surface area contributed by atoms with E-state index in [-0.39, 0.29) is 0 Å². The lowest BCUT2D eigenvalue weighted by Crippen LogP contribution is -2.03. The Hall–Kier alpha value is -0.0400. The maximum atomic E-state index is 8.69. The van der Waals surface area contributed by atoms with Crippen LogP contribution >= 0.6 is 0 Å². The van der Waals surface area contributed by atoms with Gasteiger partial charge in [0.05, 0.1) is 0 Å². The van der Waals surface area contributed by atoms with Crippen molar-refractivity contribution >= 4 is 0 Å². The van der Waals surface area contributed by atoms with Gasteiger partial charge in [-0.15, -0.1) is 0 Å². The minimum atomic E-state index is 0.380. The largest absolute Gasteiger partial charge is 0.396 e. The van der Waals surface area contributed by atoms with Crippen LogP contribution in [0.3, 0.4) is 0 Å². The van der Waals surface area contributed by atoms with Crippen LogP contribution in [0.15, 0.2) is 0 Å². The van der Waals surface area contributed by atoms with Crippen molar-refractivity contribution in [2.75, 3.05) is 6.61 Å². The van der Waals surface area contributed by atoms with Crippen LogP contribution in [-0.4, -0.2) is 11.7 Å². The lowest BCUT2D eigenvalue weighted by molar-refractivity contribution is 0.277. The summed E-state index contributed by atoms with van der Waals surface area (Å²) in [4.78, 5) is 0. The zero-order valence-electron chi connectivity index (χ0n) is 9.51. The minimum absolute atomic E-state index is 0.380. The molecule has 0 saturated heterocycles. The summed E-state index contributed by atoms with van der Waals surface area (Å²) in [6, 6.07) is 0. The molecule has 1 fully saturated rings. The third-order valence-electron chi connectivity index (χ3n) is 3.50. The van der Waals surface area contributed by atoms with Crippen molar-refractivity contribution in [3.05, 3.63) is 0 Å². The van der Waals surface area contributed by atoms with Gasteiger partial charge in [-0.05, 0) is 12.3 Å². The minimum Gasteiger partial charge on any atom is -0.396 e. The Kier molecular flexibility index (Phi) is 7.12. The van der Waals surface area contributed by atoms with Gasteiger partial charge in [0.2, 0.25) is 0 Å². The van der Waals surface area contributed by atoms with E-state index in [1.54, 1.807) is 0 Å². The van der Waals surface area contributed by atoms with Gasteiger partial charge < -0.3 is 5.11 Å². The van der Waals surface area contributed by atoms with Crippen molar-refractivity contribution in [1.29, 1.82) is 0 Å². The first-order chi connectivity index (χ1) is 6.93. The van der Waals surface area contributed by atoms with E-state index in [4.69, 9.17) is 5.11 Å². The topological polar surface area (TPSA) is 20.2 Å². The second kappa shape index (κ2) is 8.28. The highest BCUT2D eigenvalue weighted by Crippen LogP contribution is 2.26. The Bertz CT molecular complexity index is 114. The smallest absolute Gasteiger partial charge is 0.0431 e. The van der Waals surface area contributed by atoms with E-state index in [9.17, 15) is 0 Å². The third kappa shape index (κ3) is 5.64. The average Bonchev–Trinajstić information content (AvgIpc) is 2.15. The summed E-state index contributed by atoms with van der Waals surface area (Å²) < 4.78 is 0. The first-order valence-corrected chi connectivity index (χ1v) is 6.54. The van der Waals surface area contributed by atoms with Crippen LogP contribution in [0.1, 0.15) is 70.6 Å². The van der Waals surface area contributed by atoms with Crippen molar-refractivity contribution in [1.82, 2.24) is 0 Å². The molecule has 0 aliphatic heterocycles. The standard InChI is InChI=1S/C13H26O/c14-12-8-4-7-11-13-9-5-2-1-3-6-10-13/h13-14H,1-12H2. The van der Waals surface area contributed by atoms with Gasteiger partial charge in [-0.25, -0.2) is 0 Å². The van der Waals surface area contributed by atoms with E-state index < -0.39 is 0 Å². The fourth-order valence-electron chi connectivity index (χ4n) is 2.55. The van der Waals surface area contributed by atoms with E-state index in [1.165, 1.54) is 64.2 Å². The Morgan fingerprint density at radius 3 is 2.07 bits per heavy atom. The first kappa shape index (κ1) is 12.0. The summed E-state index contributed by atoms with van der Waals surface area (Å²) in [5, 5.41) is 8.69. The molecule has 0 radical (unpaired) electrons. The maximum absolute atomic E-state index is 8.69. The molecule has 0 unspecified atom stereocenters. The monoisotopic (exact) mass is 198 g/mol. The molecule has 1 N–H and O–H groups in total. The fraction of sp³-hybridized carbons (Fsp3) is 1.00. The van der Waals surface area contributed by atoms with Gasteiger partial charge in [-0.1, -0.05) is 64.2 Å². The molecule has 0 atom stereocenters. The Balaban J connectivity index is 2.02. The highest BCUT2D eigenvalue weighted by molar-refractivity contribution is 4.63. The van der Waals surface area contributed by atoms with Crippen LogP contribution in [-0.2, 0) is 0 Å². The van der Waals surface area contributed by atoms with Crippen molar-refractivity contribution in [3.63, 3.8) is 0 Å². The predicted octanol–water partition coefficient (Wildman–Crippen LogP) is 3.90. The van der Waals surface area contributed by atoms with Crippen LogP contribution < -0.4 is 0 Å². The number of hydrogen-bond donors (Lipinski definition) is 1. The lowest BCUT2D eigenvalue weighted by atomic mass is 9.87. The summed E-state index contributed by atoms with van der Waals surface area (Å²) in [5.41, 5.74) is 0. The normalized spacial score (nSPS) is 20.4. The predicted molar refractivity (Wildman–Crippen MR) is 61.4 cm³/mol. The Morgan fingerprint density at radius 1 is 0.786 bits per heavy atom. The first-order valence-electron chi connectivity index (χ1n) is 6.54. The number of unbranched alkanes of at least 4 members (excludes halogenated alkanes) is 2. The van der Waals surface area contributed by atoms with Crippen LogP contribution in [0.2, 0.25) is 0 Å². The molecule has 0 bridgehead atoms. The molecule has 0 aromatic heterocycles. The average molecular weight is 198 g/mol. The summed E-state index contributed by atoms with van der Waals surface area (Å²) in [7, 11) is 0. The highest BCUT2D eigenvalue weighted by atomic mass is 16.2. The number of hydrogen-bond acceptors (Lipinski definition) is 1. The van der Waals surface area contributed by atoms with Crippen molar-refractivity contribution in [3.8, 4) is 0 Å². The second-order valence-electron chi connectivity index (χ2n) is 4.78. The zero-order valence-corrected chi connectivity index (χ0v) is 9.51. The van der Waals surface area contributed by atoms with Gasteiger partial charge in [-0.2, -0.15) is 0 Å². The molecule has 1 saturated carbocycles. The summed E-state index contributed by atoms with van der Waals surface area (Å²) in [6.07, 6.45) is 15.3. The SMILES string of the molecule is OCCCCCC1CCCCCCC1. The fourth-order valence-corrected chi connectivity index (χ4v) is 2.55. The molecule has 84 valence electrons. The van der Waals surface area contributed by atoms with Gasteiger partial charge in [0, 0.05) is 6.61 Å².